The van der Waals surface area contributed by atoms with Crippen molar-refractivity contribution >= 4 is 35.0 Å². The number of carbonyl (C=O) groups is 2. The van der Waals surface area contributed by atoms with E-state index < -0.39 is 41.2 Å². The van der Waals surface area contributed by atoms with E-state index in [1.54, 1.807) is 0 Å². The van der Waals surface area contributed by atoms with Gasteiger partial charge < -0.3 is 15.7 Å². The van der Waals surface area contributed by atoms with E-state index in [0.29, 0.717) is 12.1 Å². The van der Waals surface area contributed by atoms with Gasteiger partial charge in [-0.2, -0.15) is 26.3 Å². The smallest absolute Gasteiger partial charge is 0.416 e. The van der Waals surface area contributed by atoms with Gasteiger partial charge in [-0.1, -0.05) is 11.6 Å². The summed E-state index contributed by atoms with van der Waals surface area (Å²) in [5, 5.41) is 12.9. The molecular formula is C16H9ClF6N2O3. The molecule has 0 aliphatic heterocycles. The van der Waals surface area contributed by atoms with Crippen LogP contribution in [0.4, 0.5) is 42.5 Å². The third kappa shape index (κ3) is 5.28. The summed E-state index contributed by atoms with van der Waals surface area (Å²) in [5.41, 5.74) is -4.73. The Kier molecular flexibility index (Phi) is 5.78. The largest absolute Gasteiger partial charge is 0.478 e. The summed E-state index contributed by atoms with van der Waals surface area (Å²) in [6.07, 6.45) is -10.2. The average molecular weight is 427 g/mol. The number of carboxylic acids is 1. The molecule has 2 aromatic rings. The van der Waals surface area contributed by atoms with Crippen molar-refractivity contribution in [3.05, 3.63) is 58.1 Å². The van der Waals surface area contributed by atoms with Gasteiger partial charge in [-0.25, -0.2) is 9.59 Å². The highest BCUT2D eigenvalue weighted by molar-refractivity contribution is 6.31. The van der Waals surface area contributed by atoms with E-state index in [1.165, 1.54) is 6.07 Å². The Morgan fingerprint density at radius 2 is 1.39 bits per heavy atom. The first-order chi connectivity index (χ1) is 12.8. The Morgan fingerprint density at radius 3 is 1.86 bits per heavy atom. The zero-order valence-corrected chi connectivity index (χ0v) is 14.1. The van der Waals surface area contributed by atoms with Crippen LogP contribution in [0.3, 0.4) is 0 Å². The van der Waals surface area contributed by atoms with Crippen molar-refractivity contribution in [1.29, 1.82) is 0 Å². The molecule has 0 fully saturated rings. The lowest BCUT2D eigenvalue weighted by atomic mass is 10.1. The van der Waals surface area contributed by atoms with Gasteiger partial charge in [0.05, 0.1) is 22.4 Å². The van der Waals surface area contributed by atoms with Crippen molar-refractivity contribution in [3.8, 4) is 0 Å². The van der Waals surface area contributed by atoms with Crippen molar-refractivity contribution < 1.29 is 41.0 Å². The van der Waals surface area contributed by atoms with Crippen LogP contribution in [0.1, 0.15) is 21.5 Å². The second-order valence-electron chi connectivity index (χ2n) is 5.37. The zero-order chi connectivity index (χ0) is 21.3. The molecule has 2 aromatic carbocycles. The monoisotopic (exact) mass is 426 g/mol. The molecule has 150 valence electrons. The summed E-state index contributed by atoms with van der Waals surface area (Å²) in [7, 11) is 0. The molecule has 0 bridgehead atoms. The number of amides is 2. The second kappa shape index (κ2) is 7.58. The number of rotatable bonds is 3. The van der Waals surface area contributed by atoms with E-state index in [4.69, 9.17) is 16.7 Å². The van der Waals surface area contributed by atoms with Crippen molar-refractivity contribution in [2.75, 3.05) is 10.6 Å². The lowest BCUT2D eigenvalue weighted by Crippen LogP contribution is -2.22. The summed E-state index contributed by atoms with van der Waals surface area (Å²) >= 11 is 5.69. The third-order valence-corrected chi connectivity index (χ3v) is 3.54. The topological polar surface area (TPSA) is 78.4 Å². The van der Waals surface area contributed by atoms with Crippen molar-refractivity contribution in [1.82, 2.24) is 0 Å². The Bertz CT molecular complexity index is 895. The quantitative estimate of drug-likeness (QED) is 0.549. The molecule has 0 saturated heterocycles. The molecule has 2 rings (SSSR count). The SMILES string of the molecule is O=C(Nc1cc(C(F)(F)F)cc(C(F)(F)F)c1)Nc1cc(Cl)ccc1C(=O)O. The van der Waals surface area contributed by atoms with Gasteiger partial charge in [0, 0.05) is 10.7 Å². The van der Waals surface area contributed by atoms with Crippen molar-refractivity contribution in [3.63, 3.8) is 0 Å². The number of anilines is 2. The maximum absolute atomic E-state index is 12.8. The molecule has 0 aliphatic rings. The molecule has 5 nitrogen and oxygen atoms in total. The minimum absolute atomic E-state index is 0.0405. The molecule has 0 spiro atoms. The summed E-state index contributed by atoms with van der Waals surface area (Å²) in [6.45, 7) is 0. The molecule has 0 aromatic heterocycles. The van der Waals surface area contributed by atoms with Crippen LogP contribution in [-0.4, -0.2) is 17.1 Å². The van der Waals surface area contributed by atoms with Crippen LogP contribution in [-0.2, 0) is 12.4 Å². The normalized spacial score (nSPS) is 11.8. The van der Waals surface area contributed by atoms with Gasteiger partial charge in [0.15, 0.2) is 0 Å². The van der Waals surface area contributed by atoms with Gasteiger partial charge in [0.25, 0.3) is 0 Å². The number of benzene rings is 2. The number of carbonyl (C=O) groups excluding carboxylic acids is 1. The number of halogens is 7. The fourth-order valence-corrected chi connectivity index (χ4v) is 2.29. The van der Waals surface area contributed by atoms with E-state index in [2.05, 4.69) is 0 Å². The van der Waals surface area contributed by atoms with Crippen LogP contribution >= 0.6 is 11.6 Å². The Hall–Kier alpha value is -2.95. The van der Waals surface area contributed by atoms with Crippen LogP contribution in [0.5, 0.6) is 0 Å². The molecule has 0 aliphatic carbocycles. The molecular weight excluding hydrogens is 418 g/mol. The predicted molar refractivity (Wildman–Crippen MR) is 87.5 cm³/mol. The predicted octanol–water partition coefficient (Wildman–Crippen LogP) is 5.72. The Labute approximate surface area is 157 Å². The zero-order valence-electron chi connectivity index (χ0n) is 13.4. The molecule has 0 radical (unpaired) electrons. The molecule has 0 heterocycles. The van der Waals surface area contributed by atoms with Gasteiger partial charge in [0.1, 0.15) is 0 Å². The molecule has 0 atom stereocenters. The van der Waals surface area contributed by atoms with Crippen LogP contribution < -0.4 is 10.6 Å². The van der Waals surface area contributed by atoms with Crippen LogP contribution in [0.15, 0.2) is 36.4 Å². The van der Waals surface area contributed by atoms with Crippen molar-refractivity contribution in [2.24, 2.45) is 0 Å². The number of aromatic carboxylic acids is 1. The van der Waals surface area contributed by atoms with Gasteiger partial charge in [0.2, 0.25) is 0 Å². The highest BCUT2D eigenvalue weighted by atomic mass is 35.5. The number of carboxylic acid groups (broad SMARTS) is 1. The van der Waals surface area contributed by atoms with Gasteiger partial charge in [-0.3, -0.25) is 0 Å². The summed E-state index contributed by atoms with van der Waals surface area (Å²) < 4.78 is 77.0. The third-order valence-electron chi connectivity index (χ3n) is 3.31. The number of alkyl halides is 6. The lowest BCUT2D eigenvalue weighted by molar-refractivity contribution is -0.143. The molecule has 0 saturated carbocycles. The number of nitrogens with one attached hydrogen (secondary N) is 2. The summed E-state index contributed by atoms with van der Waals surface area (Å²) in [4.78, 5) is 23.1. The fraction of sp³-hybridized carbons (Fsp3) is 0.125. The second-order valence-corrected chi connectivity index (χ2v) is 5.81. The molecule has 2 amide bonds. The van der Waals surface area contributed by atoms with E-state index in [1.807, 2.05) is 10.6 Å². The Balaban J connectivity index is 2.34. The maximum atomic E-state index is 12.8. The lowest BCUT2D eigenvalue weighted by Gasteiger charge is -2.15. The first-order valence-corrected chi connectivity index (χ1v) is 7.55. The first kappa shape index (κ1) is 21.4. The van der Waals surface area contributed by atoms with E-state index in [9.17, 15) is 35.9 Å². The highest BCUT2D eigenvalue weighted by Gasteiger charge is 2.37. The van der Waals surface area contributed by atoms with Gasteiger partial charge in [-0.15, -0.1) is 0 Å². The first-order valence-electron chi connectivity index (χ1n) is 7.17. The van der Waals surface area contributed by atoms with Gasteiger partial charge >= 0.3 is 24.4 Å². The average Bonchev–Trinajstić information content (AvgIpc) is 2.52. The summed E-state index contributed by atoms with van der Waals surface area (Å²) in [6, 6.07) is 2.59. The maximum Gasteiger partial charge on any atom is 0.416 e. The molecule has 12 heteroatoms. The number of hydrogen-bond donors (Lipinski definition) is 3. The Morgan fingerprint density at radius 1 is 0.857 bits per heavy atom. The standard InChI is InChI=1S/C16H9ClF6N2O3/c17-9-1-2-11(13(26)27)12(6-9)25-14(28)24-10-4-7(15(18,19)20)3-8(5-10)16(21,22)23/h1-6H,(H,26,27)(H2,24,25,28). The van der Waals surface area contributed by atoms with Crippen LogP contribution in [0.2, 0.25) is 5.02 Å². The van der Waals surface area contributed by atoms with Gasteiger partial charge in [-0.05, 0) is 36.4 Å². The van der Waals surface area contributed by atoms with E-state index in [0.717, 1.165) is 12.1 Å². The molecule has 28 heavy (non-hydrogen) atoms. The highest BCUT2D eigenvalue weighted by Crippen LogP contribution is 2.37. The minimum Gasteiger partial charge on any atom is -0.478 e. The number of urea groups is 1. The van der Waals surface area contributed by atoms with E-state index >= 15 is 0 Å². The van der Waals surface area contributed by atoms with E-state index in [-0.39, 0.29) is 22.3 Å². The van der Waals surface area contributed by atoms with Crippen molar-refractivity contribution in [2.45, 2.75) is 12.4 Å². The van der Waals surface area contributed by atoms with Crippen LogP contribution in [0.25, 0.3) is 0 Å². The fourth-order valence-electron chi connectivity index (χ4n) is 2.12. The van der Waals surface area contributed by atoms with Crippen LogP contribution in [0, 0.1) is 0 Å². The number of hydrogen-bond acceptors (Lipinski definition) is 2. The minimum atomic E-state index is -5.09. The molecule has 3 N–H and O–H groups in total. The summed E-state index contributed by atoms with van der Waals surface area (Å²) in [5.74, 6) is -1.44. The molecule has 0 unspecified atom stereocenters.